The molecule has 0 aliphatic carbocycles. The lowest BCUT2D eigenvalue weighted by Gasteiger charge is -2.42. The van der Waals surface area contributed by atoms with Crippen LogP contribution in [0, 0.1) is 0 Å². The van der Waals surface area contributed by atoms with Gasteiger partial charge in [-0.05, 0) is 6.42 Å². The maximum atomic E-state index is 10.3. The van der Waals surface area contributed by atoms with Gasteiger partial charge in [0.2, 0.25) is 0 Å². The Bertz CT molecular complexity index is 654. The highest BCUT2D eigenvalue weighted by molar-refractivity contribution is 5.66. The Morgan fingerprint density at radius 1 is 0.674 bits per heavy atom. The quantitative estimate of drug-likeness (QED) is 0.0659. The van der Waals surface area contributed by atoms with E-state index in [1.807, 2.05) is 0 Å². The first-order chi connectivity index (χ1) is 20.5. The number of rotatable bonds is 24. The molecule has 1 rings (SSSR count). The first kappa shape index (κ1) is 42.0. The molecule has 258 valence electrons. The summed E-state index contributed by atoms with van der Waals surface area (Å²) in [6.45, 7) is -0.183. The molecule has 0 aromatic carbocycles. The Balaban J connectivity index is 0.000000830. The second-order valence-corrected chi connectivity index (χ2v) is 11.4. The van der Waals surface area contributed by atoms with Gasteiger partial charge in [0.15, 0.2) is 6.29 Å². The highest BCUT2D eigenvalue weighted by atomic mass is 16.7. The van der Waals surface area contributed by atoms with Gasteiger partial charge in [0, 0.05) is 6.42 Å². The summed E-state index contributed by atoms with van der Waals surface area (Å²) in [5, 5.41) is 93.4. The van der Waals surface area contributed by atoms with E-state index in [1.54, 1.807) is 0 Å². The van der Waals surface area contributed by atoms with E-state index in [1.165, 1.54) is 83.5 Å². The molecular formula is C30H60O13. The van der Waals surface area contributed by atoms with Gasteiger partial charge in [0.05, 0.1) is 19.8 Å². The lowest BCUT2D eigenvalue weighted by molar-refractivity contribution is -0.327. The van der Waals surface area contributed by atoms with Crippen LogP contribution < -0.4 is 0 Å². The van der Waals surface area contributed by atoms with Crippen LogP contribution in [0.5, 0.6) is 0 Å². The topological polar surface area (TPSA) is 238 Å². The number of hydrogen-bond acceptors (Lipinski definition) is 12. The van der Waals surface area contributed by atoms with E-state index in [-0.39, 0.29) is 0 Å². The maximum absolute atomic E-state index is 10.3. The fraction of sp³-hybridized carbons (Fsp3) is 0.967. The SMILES string of the molecule is CCCCCCCCCCCCCCCCCC(=O)O.OC[C@@H](O)[C@@H](O[C@@H]1O[C@H](CO)[C@H](O)[C@H](O)[C@H]1O)[C@H](O)[C@@H](O)CO. The number of aliphatic hydroxyl groups excluding tert-OH is 9. The predicted molar refractivity (Wildman–Crippen MR) is 158 cm³/mol. The molecule has 1 fully saturated rings. The summed E-state index contributed by atoms with van der Waals surface area (Å²) in [5.74, 6) is -0.653. The third kappa shape index (κ3) is 18.6. The van der Waals surface area contributed by atoms with Gasteiger partial charge >= 0.3 is 5.97 Å². The molecule has 9 atom stereocenters. The Morgan fingerprint density at radius 3 is 1.51 bits per heavy atom. The van der Waals surface area contributed by atoms with Crippen molar-refractivity contribution in [2.75, 3.05) is 19.8 Å². The molecule has 13 nitrogen and oxygen atoms in total. The highest BCUT2D eigenvalue weighted by Gasteiger charge is 2.46. The van der Waals surface area contributed by atoms with E-state index >= 15 is 0 Å². The summed E-state index contributed by atoms with van der Waals surface area (Å²) in [4.78, 5) is 10.3. The van der Waals surface area contributed by atoms with Crippen LogP contribution in [0.2, 0.25) is 0 Å². The minimum absolute atomic E-state index is 0.345. The molecule has 0 saturated carbocycles. The fourth-order valence-electron chi connectivity index (χ4n) is 4.81. The van der Waals surface area contributed by atoms with E-state index in [0.717, 1.165) is 12.8 Å². The number of carboxylic acids is 1. The van der Waals surface area contributed by atoms with Crippen LogP contribution in [0.4, 0.5) is 0 Å². The Morgan fingerprint density at radius 2 is 1.12 bits per heavy atom. The summed E-state index contributed by atoms with van der Waals surface area (Å²) in [6, 6.07) is 0. The zero-order valence-corrected chi connectivity index (χ0v) is 25.8. The van der Waals surface area contributed by atoms with Gasteiger partial charge in [-0.15, -0.1) is 0 Å². The Kier molecular flexibility index (Phi) is 25.7. The smallest absolute Gasteiger partial charge is 0.303 e. The van der Waals surface area contributed by atoms with Gasteiger partial charge in [-0.25, -0.2) is 0 Å². The molecule has 1 heterocycles. The lowest BCUT2D eigenvalue weighted by atomic mass is 9.98. The molecule has 0 bridgehead atoms. The first-order valence-electron chi connectivity index (χ1n) is 16.0. The summed E-state index contributed by atoms with van der Waals surface area (Å²) in [6.07, 6.45) is 5.12. The van der Waals surface area contributed by atoms with E-state index in [4.69, 9.17) is 29.9 Å². The van der Waals surface area contributed by atoms with E-state index in [2.05, 4.69) is 6.92 Å². The van der Waals surface area contributed by atoms with Gasteiger partial charge in [-0.1, -0.05) is 96.8 Å². The molecule has 0 unspecified atom stereocenters. The molecule has 0 radical (unpaired) electrons. The maximum Gasteiger partial charge on any atom is 0.303 e. The molecule has 10 N–H and O–H groups in total. The van der Waals surface area contributed by atoms with Crippen LogP contribution in [0.25, 0.3) is 0 Å². The second-order valence-electron chi connectivity index (χ2n) is 11.4. The average molecular weight is 629 g/mol. The molecule has 43 heavy (non-hydrogen) atoms. The average Bonchev–Trinajstić information content (AvgIpc) is 3.00. The normalized spacial score (nSPS) is 24.9. The zero-order chi connectivity index (χ0) is 32.6. The van der Waals surface area contributed by atoms with E-state index in [9.17, 15) is 35.4 Å². The Labute approximate surface area is 256 Å². The van der Waals surface area contributed by atoms with Crippen molar-refractivity contribution in [2.24, 2.45) is 0 Å². The van der Waals surface area contributed by atoms with Gasteiger partial charge in [-0.3, -0.25) is 4.79 Å². The summed E-state index contributed by atoms with van der Waals surface area (Å²) in [5.41, 5.74) is 0. The number of aliphatic carboxylic acids is 1. The van der Waals surface area contributed by atoms with Gasteiger partial charge in [0.1, 0.15) is 48.8 Å². The minimum Gasteiger partial charge on any atom is -0.481 e. The van der Waals surface area contributed by atoms with E-state index in [0.29, 0.717) is 6.42 Å². The second kappa shape index (κ2) is 26.3. The summed E-state index contributed by atoms with van der Waals surface area (Å²) >= 11 is 0. The Hall–Kier alpha value is -0.970. The van der Waals surface area contributed by atoms with Crippen LogP contribution in [-0.4, -0.2) is 132 Å². The minimum atomic E-state index is -1.85. The summed E-state index contributed by atoms with van der Waals surface area (Å²) in [7, 11) is 0. The molecular weight excluding hydrogens is 568 g/mol. The van der Waals surface area contributed by atoms with Crippen LogP contribution >= 0.6 is 0 Å². The standard InChI is InChI=1S/C18H36O2.C12H24O11/c1-2-3-4-5-6-7-8-9-10-11-12-13-14-15-16-17-18(19)20;13-1-4(16)7(18)11(5(17)2-14)23-12-10(21)9(20)8(19)6(3-15)22-12/h2-17H2,1H3,(H,19,20);4-21H,1-3H2/t;4-,5+,6+,7+,8-,9-,10+,11+,12-/m.0/s1. The predicted octanol–water partition coefficient (Wildman–Crippen LogP) is 0.571. The number of carboxylic acid groups (broad SMARTS) is 1. The third-order valence-electron chi connectivity index (χ3n) is 7.62. The van der Waals surface area contributed by atoms with Crippen molar-refractivity contribution < 1.29 is 65.3 Å². The van der Waals surface area contributed by atoms with Crippen LogP contribution in [0.1, 0.15) is 110 Å². The number of hydrogen-bond donors (Lipinski definition) is 10. The number of ether oxygens (including phenoxy) is 2. The van der Waals surface area contributed by atoms with E-state index < -0.39 is 80.9 Å². The fourth-order valence-corrected chi connectivity index (χ4v) is 4.81. The van der Waals surface area contributed by atoms with Crippen molar-refractivity contribution >= 4 is 5.97 Å². The largest absolute Gasteiger partial charge is 0.481 e. The lowest BCUT2D eigenvalue weighted by Crippen LogP contribution is -2.61. The van der Waals surface area contributed by atoms with Crippen molar-refractivity contribution in [1.29, 1.82) is 0 Å². The molecule has 1 aliphatic heterocycles. The van der Waals surface area contributed by atoms with Gasteiger partial charge < -0.3 is 60.5 Å². The summed E-state index contributed by atoms with van der Waals surface area (Å²) < 4.78 is 10.1. The van der Waals surface area contributed by atoms with Crippen molar-refractivity contribution in [3.05, 3.63) is 0 Å². The highest BCUT2D eigenvalue weighted by Crippen LogP contribution is 2.25. The van der Waals surface area contributed by atoms with Gasteiger partial charge in [-0.2, -0.15) is 0 Å². The third-order valence-corrected chi connectivity index (χ3v) is 7.62. The molecule has 0 spiro atoms. The molecule has 0 aromatic rings. The van der Waals surface area contributed by atoms with Crippen LogP contribution in [-0.2, 0) is 14.3 Å². The first-order valence-corrected chi connectivity index (χ1v) is 16.0. The molecule has 1 saturated heterocycles. The molecule has 13 heteroatoms. The van der Waals surface area contributed by atoms with Crippen molar-refractivity contribution in [3.63, 3.8) is 0 Å². The van der Waals surface area contributed by atoms with Crippen molar-refractivity contribution in [1.82, 2.24) is 0 Å². The number of aliphatic hydroxyl groups is 9. The molecule has 0 amide bonds. The van der Waals surface area contributed by atoms with Crippen LogP contribution in [0.15, 0.2) is 0 Å². The molecule has 0 aromatic heterocycles. The van der Waals surface area contributed by atoms with Crippen molar-refractivity contribution in [3.8, 4) is 0 Å². The number of carbonyl (C=O) groups is 1. The van der Waals surface area contributed by atoms with Crippen LogP contribution in [0.3, 0.4) is 0 Å². The van der Waals surface area contributed by atoms with Gasteiger partial charge in [0.25, 0.3) is 0 Å². The monoisotopic (exact) mass is 628 g/mol. The zero-order valence-electron chi connectivity index (χ0n) is 25.8. The molecule has 1 aliphatic rings. The van der Waals surface area contributed by atoms with Crippen molar-refractivity contribution in [2.45, 2.75) is 165 Å². The number of unbranched alkanes of at least 4 members (excludes halogenated alkanes) is 14.